The number of aromatic nitrogens is 2. The molecule has 0 amide bonds. The number of nitro groups is 1. The lowest BCUT2D eigenvalue weighted by Crippen LogP contribution is -2.12. The fourth-order valence-electron chi connectivity index (χ4n) is 2.61. The van der Waals surface area contributed by atoms with E-state index in [1.54, 1.807) is 12.1 Å². The first-order valence-electron chi connectivity index (χ1n) is 7.90. The van der Waals surface area contributed by atoms with E-state index in [1.165, 1.54) is 19.2 Å². The van der Waals surface area contributed by atoms with Crippen LogP contribution in [0.25, 0.3) is 22.6 Å². The lowest BCUT2D eigenvalue weighted by atomic mass is 10.0. The van der Waals surface area contributed by atoms with Crippen LogP contribution in [0, 0.1) is 10.1 Å². The Hall–Kier alpha value is -3.13. The molecule has 3 rings (SSSR count). The van der Waals surface area contributed by atoms with Gasteiger partial charge in [0.05, 0.1) is 23.4 Å². The number of benzene rings is 2. The van der Waals surface area contributed by atoms with Crippen LogP contribution >= 0.6 is 15.9 Å². The van der Waals surface area contributed by atoms with Crippen molar-refractivity contribution in [3.05, 3.63) is 76.0 Å². The maximum Gasteiger partial charge on any atom is 0.341 e. The van der Waals surface area contributed by atoms with Gasteiger partial charge in [0.1, 0.15) is 5.56 Å². The van der Waals surface area contributed by atoms with Gasteiger partial charge in [-0.15, -0.1) is 0 Å². The topological polar surface area (TPSA) is 95.2 Å². The smallest absolute Gasteiger partial charge is 0.341 e. The van der Waals surface area contributed by atoms with Crippen LogP contribution in [-0.2, 0) is 10.1 Å². The molecule has 0 aliphatic carbocycles. The van der Waals surface area contributed by atoms with E-state index in [2.05, 4.69) is 25.9 Å². The van der Waals surface area contributed by atoms with Crippen molar-refractivity contribution < 1.29 is 14.5 Å². The number of alkyl halides is 1. The second kappa shape index (κ2) is 8.05. The molecule has 27 heavy (non-hydrogen) atoms. The number of hydrogen-bond donors (Lipinski definition) is 0. The van der Waals surface area contributed by atoms with Crippen molar-refractivity contribution in [3.63, 3.8) is 0 Å². The van der Waals surface area contributed by atoms with Crippen LogP contribution in [0.4, 0.5) is 5.69 Å². The molecule has 136 valence electrons. The van der Waals surface area contributed by atoms with Gasteiger partial charge in [-0.25, -0.2) is 14.8 Å². The Kier molecular flexibility index (Phi) is 5.56. The van der Waals surface area contributed by atoms with Crippen LogP contribution in [0.15, 0.2) is 54.6 Å². The van der Waals surface area contributed by atoms with Crippen molar-refractivity contribution in [2.45, 2.75) is 5.33 Å². The summed E-state index contributed by atoms with van der Waals surface area (Å²) in [4.78, 5) is 32.1. The molecule has 0 radical (unpaired) electrons. The van der Waals surface area contributed by atoms with E-state index in [-0.39, 0.29) is 16.9 Å². The number of nitrogens with zero attached hydrogens (tertiary/aromatic N) is 3. The van der Waals surface area contributed by atoms with Gasteiger partial charge < -0.3 is 4.74 Å². The van der Waals surface area contributed by atoms with Crippen LogP contribution in [0.5, 0.6) is 0 Å². The fraction of sp³-hybridized carbons (Fsp3) is 0.105. The third-order valence-corrected chi connectivity index (χ3v) is 4.39. The zero-order chi connectivity index (χ0) is 19.4. The molecule has 2 aromatic carbocycles. The summed E-state index contributed by atoms with van der Waals surface area (Å²) in [6, 6.07) is 15.3. The van der Waals surface area contributed by atoms with Gasteiger partial charge in [-0.05, 0) is 0 Å². The molecule has 7 nitrogen and oxygen atoms in total. The minimum Gasteiger partial charge on any atom is -0.465 e. The number of methoxy groups -OCH3 is 1. The van der Waals surface area contributed by atoms with Gasteiger partial charge in [0, 0.05) is 28.6 Å². The zero-order valence-corrected chi connectivity index (χ0v) is 15.8. The van der Waals surface area contributed by atoms with E-state index in [9.17, 15) is 14.9 Å². The molecule has 0 atom stereocenters. The summed E-state index contributed by atoms with van der Waals surface area (Å²) in [5.74, 6) is -0.190. The highest BCUT2D eigenvalue weighted by Gasteiger charge is 2.23. The van der Waals surface area contributed by atoms with Crippen LogP contribution < -0.4 is 0 Å². The monoisotopic (exact) mass is 427 g/mol. The predicted octanol–water partition coefficient (Wildman–Crippen LogP) is 4.40. The van der Waals surface area contributed by atoms with Crippen LogP contribution in [0.3, 0.4) is 0 Å². The summed E-state index contributed by atoms with van der Waals surface area (Å²) in [6.07, 6.45) is 0. The molecule has 0 fully saturated rings. The van der Waals surface area contributed by atoms with E-state index >= 15 is 0 Å². The molecule has 0 saturated heterocycles. The minimum atomic E-state index is -0.606. The third-order valence-electron chi connectivity index (χ3n) is 3.86. The van der Waals surface area contributed by atoms with Crippen molar-refractivity contribution >= 4 is 27.6 Å². The van der Waals surface area contributed by atoms with E-state index in [4.69, 9.17) is 4.74 Å². The number of hydrogen-bond acceptors (Lipinski definition) is 6. The van der Waals surface area contributed by atoms with Crippen molar-refractivity contribution in [2.75, 3.05) is 7.11 Å². The maximum atomic E-state index is 12.4. The van der Waals surface area contributed by atoms with Crippen LogP contribution in [0.1, 0.15) is 16.1 Å². The average molecular weight is 428 g/mol. The second-order valence-electron chi connectivity index (χ2n) is 5.52. The second-order valence-corrected chi connectivity index (χ2v) is 6.08. The highest BCUT2D eigenvalue weighted by Crippen LogP contribution is 2.30. The van der Waals surface area contributed by atoms with E-state index in [1.807, 2.05) is 30.3 Å². The Morgan fingerprint density at radius 2 is 1.81 bits per heavy atom. The highest BCUT2D eigenvalue weighted by atomic mass is 79.9. The fourth-order valence-corrected chi connectivity index (χ4v) is 3.02. The Morgan fingerprint density at radius 1 is 1.11 bits per heavy atom. The summed E-state index contributed by atoms with van der Waals surface area (Å²) in [5.41, 5.74) is 2.01. The number of carbonyl (C=O) groups is 1. The number of halogens is 1. The zero-order valence-electron chi connectivity index (χ0n) is 14.3. The standard InChI is InChI=1S/C19H14BrN3O4/c1-27-19(24)16-15(11-20)21-18(12-6-3-2-4-7-12)22-17(16)13-8-5-9-14(10-13)23(25)26/h2-10H,11H2,1H3. The Bertz CT molecular complexity index is 1010. The molecule has 0 unspecified atom stereocenters. The summed E-state index contributed by atoms with van der Waals surface area (Å²) in [6.45, 7) is 0. The first kappa shape index (κ1) is 18.7. The molecular formula is C19H14BrN3O4. The molecule has 0 saturated carbocycles. The molecule has 8 heteroatoms. The lowest BCUT2D eigenvalue weighted by molar-refractivity contribution is -0.384. The number of esters is 1. The first-order valence-corrected chi connectivity index (χ1v) is 9.02. The quantitative estimate of drug-likeness (QED) is 0.259. The van der Waals surface area contributed by atoms with Crippen molar-refractivity contribution in [1.29, 1.82) is 0 Å². The van der Waals surface area contributed by atoms with Gasteiger partial charge in [-0.1, -0.05) is 58.4 Å². The van der Waals surface area contributed by atoms with Crippen LogP contribution in [-0.4, -0.2) is 28.0 Å². The Labute approximate surface area is 163 Å². The van der Waals surface area contributed by atoms with Gasteiger partial charge in [-0.3, -0.25) is 10.1 Å². The van der Waals surface area contributed by atoms with Gasteiger partial charge >= 0.3 is 5.97 Å². The molecular weight excluding hydrogens is 414 g/mol. The number of nitro benzene ring substituents is 1. The van der Waals surface area contributed by atoms with Crippen molar-refractivity contribution in [1.82, 2.24) is 9.97 Å². The molecule has 0 N–H and O–H groups in total. The number of ether oxygens (including phenoxy) is 1. The molecule has 3 aromatic rings. The number of carbonyl (C=O) groups excluding carboxylic acids is 1. The summed E-state index contributed by atoms with van der Waals surface area (Å²) in [5, 5.41) is 11.4. The molecule has 0 bridgehead atoms. The van der Waals surface area contributed by atoms with Crippen molar-refractivity contribution in [3.8, 4) is 22.6 Å². The summed E-state index contributed by atoms with van der Waals surface area (Å²) in [7, 11) is 1.27. The SMILES string of the molecule is COC(=O)c1c(CBr)nc(-c2ccccc2)nc1-c1cccc([N+](=O)[O-])c1. The largest absolute Gasteiger partial charge is 0.465 e. The minimum absolute atomic E-state index is 0.0939. The summed E-state index contributed by atoms with van der Waals surface area (Å²) >= 11 is 3.35. The number of non-ortho nitro benzene ring substituents is 1. The van der Waals surface area contributed by atoms with Gasteiger partial charge in [0.15, 0.2) is 5.82 Å². The molecule has 0 spiro atoms. The molecule has 0 aliphatic rings. The molecule has 1 heterocycles. The number of rotatable bonds is 5. The van der Waals surface area contributed by atoms with Gasteiger partial charge in [-0.2, -0.15) is 0 Å². The van der Waals surface area contributed by atoms with E-state index in [0.717, 1.165) is 5.56 Å². The molecule has 1 aromatic heterocycles. The average Bonchev–Trinajstić information content (AvgIpc) is 2.72. The third kappa shape index (κ3) is 3.85. The van der Waals surface area contributed by atoms with Gasteiger partial charge in [0.2, 0.25) is 0 Å². The van der Waals surface area contributed by atoms with Crippen molar-refractivity contribution in [2.24, 2.45) is 0 Å². The Balaban J connectivity index is 2.30. The molecule has 0 aliphatic heterocycles. The summed E-state index contributed by atoms with van der Waals surface area (Å²) < 4.78 is 4.89. The lowest BCUT2D eigenvalue weighted by Gasteiger charge is -2.13. The first-order chi connectivity index (χ1) is 13.0. The normalized spacial score (nSPS) is 10.4. The van der Waals surface area contributed by atoms with E-state index < -0.39 is 10.9 Å². The highest BCUT2D eigenvalue weighted by molar-refractivity contribution is 9.08. The maximum absolute atomic E-state index is 12.4. The van der Waals surface area contributed by atoms with Gasteiger partial charge in [0.25, 0.3) is 5.69 Å². The van der Waals surface area contributed by atoms with E-state index in [0.29, 0.717) is 22.4 Å². The Morgan fingerprint density at radius 3 is 2.44 bits per heavy atom. The predicted molar refractivity (Wildman–Crippen MR) is 104 cm³/mol. The van der Waals surface area contributed by atoms with Crippen LogP contribution in [0.2, 0.25) is 0 Å².